The van der Waals surface area contributed by atoms with Crippen LogP contribution in [0, 0.1) is 0 Å². The molecular weight excluding hydrogens is 248 g/mol. The van der Waals surface area contributed by atoms with Gasteiger partial charge in [0, 0.05) is 21.1 Å². The smallest absolute Gasteiger partial charge is 0 e. The van der Waals surface area contributed by atoms with E-state index in [1.807, 2.05) is 0 Å². The third-order valence-corrected chi connectivity index (χ3v) is 0. The third-order valence-electron chi connectivity index (χ3n) is 0. The van der Waals surface area contributed by atoms with Gasteiger partial charge in [-0.3, -0.25) is 0 Å². The molecule has 0 aliphatic rings. The van der Waals surface area contributed by atoms with Crippen molar-refractivity contribution < 1.29 is 43.0 Å². The molecule has 0 rings (SSSR count). The summed E-state index contributed by atoms with van der Waals surface area (Å²) in [6, 6.07) is 0. The maximum Gasteiger partial charge on any atom is 0 e. The monoisotopic (exact) mass is 256 g/mol. The molecule has 0 fully saturated rings. The Balaban J connectivity index is 0. The molecule has 0 radical (unpaired) electrons. The second-order valence-corrected chi connectivity index (χ2v) is 0. The van der Waals surface area contributed by atoms with Gasteiger partial charge in [-0.1, -0.05) is 0 Å². The maximum atomic E-state index is 0. The van der Waals surface area contributed by atoms with Gasteiger partial charge in [0.2, 0.25) is 0 Å². The van der Waals surface area contributed by atoms with Crippen molar-refractivity contribution in [3.63, 3.8) is 0 Å². The third kappa shape index (κ3) is 104. The molecule has 0 bridgehead atoms. The summed E-state index contributed by atoms with van der Waals surface area (Å²) in [6.07, 6.45) is 0. The number of hydrogen-bond acceptors (Lipinski definition) is 0. The van der Waals surface area contributed by atoms with Crippen LogP contribution in [-0.2, 0) is 21.1 Å². The predicted octanol–water partition coefficient (Wildman–Crippen LogP) is -3.30. The zero-order chi connectivity index (χ0) is 0. The van der Waals surface area contributed by atoms with Crippen LogP contribution in [0.15, 0.2) is 0 Å². The molecule has 0 aromatic carbocycles. The zero-order valence-corrected chi connectivity index (χ0v) is 5.34. The summed E-state index contributed by atoms with van der Waals surface area (Å²) in [4.78, 5) is 0. The number of hydrogen-bond donors (Lipinski definition) is 0. The summed E-state index contributed by atoms with van der Waals surface area (Å²) < 4.78 is 0. The average molecular weight is 256 g/mol. The largest absolute Gasteiger partial charge is 0.412 e. The summed E-state index contributed by atoms with van der Waals surface area (Å²) in [6.45, 7) is 0. The van der Waals surface area contributed by atoms with Crippen LogP contribution in [0.1, 0.15) is 0 Å². The zero-order valence-electron chi connectivity index (χ0n) is 2.41. The Kier molecular flexibility index (Phi) is 16400. The summed E-state index contributed by atoms with van der Waals surface area (Å²) in [7, 11) is 0. The molecule has 8 N–H and O–H groups in total. The first-order valence-corrected chi connectivity index (χ1v) is 0. The van der Waals surface area contributed by atoms with E-state index >= 15 is 0 Å². The van der Waals surface area contributed by atoms with Gasteiger partial charge < -0.3 is 21.9 Å². The van der Waals surface area contributed by atoms with E-state index in [2.05, 4.69) is 0 Å². The molecule has 0 saturated heterocycles. The first-order chi connectivity index (χ1) is 0. The van der Waals surface area contributed by atoms with Crippen molar-refractivity contribution in [2.75, 3.05) is 0 Å². The quantitative estimate of drug-likeness (QED) is 0.430. The molecule has 0 aromatic heterocycles. The van der Waals surface area contributed by atoms with Gasteiger partial charge in [0.25, 0.3) is 0 Å². The summed E-state index contributed by atoms with van der Waals surface area (Å²) in [5.41, 5.74) is 0. The average Bonchev–Trinajstić information content (AvgIpc) is 0. The van der Waals surface area contributed by atoms with E-state index in [0.717, 1.165) is 0 Å². The molecule has 0 aromatic rings. The molecule has 0 aliphatic carbocycles. The minimum atomic E-state index is 0. The van der Waals surface area contributed by atoms with E-state index in [0.29, 0.717) is 0 Å². The van der Waals surface area contributed by atoms with Crippen LogP contribution in [0.3, 0.4) is 0 Å². The fourth-order valence-corrected chi connectivity index (χ4v) is 0. The van der Waals surface area contributed by atoms with Crippen molar-refractivity contribution in [3.05, 3.63) is 0 Å². The van der Waals surface area contributed by atoms with E-state index in [4.69, 9.17) is 0 Å². The Hall–Kier alpha value is 0.528. The normalized spacial score (nSPS) is 0. The Morgan fingerprint density at radius 3 is 0.400 bits per heavy atom. The molecule has 5 heteroatoms. The minimum Gasteiger partial charge on any atom is -0.412 e. The molecule has 0 unspecified atom stereocenters. The Morgan fingerprint density at radius 1 is 0.400 bits per heavy atom. The van der Waals surface area contributed by atoms with Crippen molar-refractivity contribution in [2.45, 2.75) is 0 Å². The van der Waals surface area contributed by atoms with Crippen molar-refractivity contribution in [2.24, 2.45) is 0 Å². The fourth-order valence-electron chi connectivity index (χ4n) is 0. The van der Waals surface area contributed by atoms with Crippen LogP contribution >= 0.6 is 0 Å². The molecule has 0 amide bonds. The van der Waals surface area contributed by atoms with Gasteiger partial charge in [0.1, 0.15) is 0 Å². The van der Waals surface area contributed by atoms with Crippen molar-refractivity contribution >= 4 is 0 Å². The molecule has 0 aliphatic heterocycles. The van der Waals surface area contributed by atoms with E-state index in [1.54, 1.807) is 0 Å². The Morgan fingerprint density at radius 2 is 0.400 bits per heavy atom. The molecule has 5 heavy (non-hydrogen) atoms. The fraction of sp³-hybridized carbons (Fsp3) is 0. The van der Waals surface area contributed by atoms with Crippen LogP contribution in [-0.4, -0.2) is 21.9 Å². The Bertz CT molecular complexity index is 3.61. The predicted molar refractivity (Wildman–Crippen MR) is 14.5 cm³/mol. The second-order valence-electron chi connectivity index (χ2n) is 0. The van der Waals surface area contributed by atoms with Gasteiger partial charge in [-0.05, 0) is 0 Å². The van der Waals surface area contributed by atoms with Gasteiger partial charge in [-0.15, -0.1) is 0 Å². The van der Waals surface area contributed by atoms with Crippen LogP contribution in [0.2, 0.25) is 0 Å². The van der Waals surface area contributed by atoms with Gasteiger partial charge >= 0.3 is 0 Å². The van der Waals surface area contributed by atoms with Crippen molar-refractivity contribution in [3.8, 4) is 0 Å². The van der Waals surface area contributed by atoms with Crippen LogP contribution in [0.25, 0.3) is 0 Å². The summed E-state index contributed by atoms with van der Waals surface area (Å²) in [5, 5.41) is 0. The van der Waals surface area contributed by atoms with E-state index < -0.39 is 0 Å². The standard InChI is InChI=1S/4H2O.W/h4*1H2;. The van der Waals surface area contributed by atoms with Crippen molar-refractivity contribution in [1.29, 1.82) is 0 Å². The van der Waals surface area contributed by atoms with Crippen LogP contribution in [0.4, 0.5) is 0 Å². The second kappa shape index (κ2) is 202. The van der Waals surface area contributed by atoms with Crippen molar-refractivity contribution in [1.82, 2.24) is 0 Å². The van der Waals surface area contributed by atoms with Gasteiger partial charge in [-0.25, -0.2) is 0 Å². The molecule has 0 heterocycles. The van der Waals surface area contributed by atoms with Gasteiger partial charge in [-0.2, -0.15) is 0 Å². The van der Waals surface area contributed by atoms with E-state index in [1.165, 1.54) is 0 Å². The molecule has 0 atom stereocenters. The molecule has 38 valence electrons. The first kappa shape index (κ1) is 406. The number of rotatable bonds is 0. The molecule has 0 saturated carbocycles. The van der Waals surface area contributed by atoms with E-state index in [-0.39, 0.29) is 43.0 Å². The molecule has 4 nitrogen and oxygen atoms in total. The van der Waals surface area contributed by atoms with Crippen LogP contribution in [0.5, 0.6) is 0 Å². The molecular formula is H8O4W. The minimum absolute atomic E-state index is 0. The summed E-state index contributed by atoms with van der Waals surface area (Å²) >= 11 is 0. The maximum absolute atomic E-state index is 0. The van der Waals surface area contributed by atoms with Gasteiger partial charge in [0.05, 0.1) is 0 Å². The summed E-state index contributed by atoms with van der Waals surface area (Å²) in [5.74, 6) is 0. The van der Waals surface area contributed by atoms with Gasteiger partial charge in [0.15, 0.2) is 0 Å². The van der Waals surface area contributed by atoms with E-state index in [9.17, 15) is 0 Å². The van der Waals surface area contributed by atoms with Crippen LogP contribution < -0.4 is 0 Å². The first-order valence-electron chi connectivity index (χ1n) is 0. The topological polar surface area (TPSA) is 126 Å². The SMILES string of the molecule is O.O.O.O.[W]. The molecule has 0 spiro atoms. The Labute approximate surface area is 43.7 Å².